The monoisotopic (exact) mass is 377 g/mol. The number of carboxylic acids is 1. The summed E-state index contributed by atoms with van der Waals surface area (Å²) in [5.41, 5.74) is 0. The third kappa shape index (κ3) is 3.38. The number of sulfonamides is 1. The van der Waals surface area contributed by atoms with E-state index in [1.165, 1.54) is 19.2 Å². The van der Waals surface area contributed by atoms with E-state index >= 15 is 0 Å². The van der Waals surface area contributed by atoms with E-state index in [-0.39, 0.29) is 11.4 Å². The maximum absolute atomic E-state index is 12.7. The van der Waals surface area contributed by atoms with Gasteiger partial charge in [-0.25, -0.2) is 8.42 Å². The molecule has 1 fully saturated rings. The fourth-order valence-corrected chi connectivity index (χ4v) is 4.71. The van der Waals surface area contributed by atoms with Crippen LogP contribution in [0, 0.1) is 0 Å². The van der Waals surface area contributed by atoms with Crippen molar-refractivity contribution in [2.75, 3.05) is 13.7 Å². The molecule has 1 heterocycles. The number of benzene rings is 1. The number of methoxy groups -OCH3 is 1. The summed E-state index contributed by atoms with van der Waals surface area (Å²) in [6.45, 7) is 0.216. The first kappa shape index (κ1) is 16.3. The van der Waals surface area contributed by atoms with Gasteiger partial charge >= 0.3 is 5.97 Å². The number of piperidine rings is 1. The first-order valence-corrected chi connectivity index (χ1v) is 8.69. The van der Waals surface area contributed by atoms with Crippen LogP contribution < -0.4 is 4.74 Å². The lowest BCUT2D eigenvalue weighted by molar-refractivity contribution is -0.142. The summed E-state index contributed by atoms with van der Waals surface area (Å²) in [5, 5.41) is 9.23. The molecule has 1 unspecified atom stereocenters. The molecule has 1 aromatic carbocycles. The fourth-order valence-electron chi connectivity index (χ4n) is 2.38. The Hall–Kier alpha value is -1.12. The molecule has 0 bridgehead atoms. The molecule has 6 nitrogen and oxygen atoms in total. The molecule has 1 N–H and O–H groups in total. The summed E-state index contributed by atoms with van der Waals surface area (Å²) >= 11 is 3.24. The SMILES string of the molecule is COc1cc(Br)cc(S(=O)(=O)N2CCCCC2C(=O)O)c1. The van der Waals surface area contributed by atoms with E-state index < -0.39 is 22.0 Å². The lowest BCUT2D eigenvalue weighted by Crippen LogP contribution is -2.47. The number of carboxylic acid groups (broad SMARTS) is 1. The lowest BCUT2D eigenvalue weighted by Gasteiger charge is -2.31. The van der Waals surface area contributed by atoms with Gasteiger partial charge < -0.3 is 9.84 Å². The second kappa shape index (κ2) is 6.33. The van der Waals surface area contributed by atoms with Gasteiger partial charge in [-0.3, -0.25) is 4.79 Å². The Balaban J connectivity index is 2.45. The minimum Gasteiger partial charge on any atom is -0.497 e. The van der Waals surface area contributed by atoms with Gasteiger partial charge in [-0.15, -0.1) is 0 Å². The lowest BCUT2D eigenvalue weighted by atomic mass is 10.1. The fraction of sp³-hybridized carbons (Fsp3) is 0.462. The van der Waals surface area contributed by atoms with Crippen molar-refractivity contribution < 1.29 is 23.1 Å². The normalized spacial score (nSPS) is 20.2. The zero-order valence-electron chi connectivity index (χ0n) is 11.5. The van der Waals surface area contributed by atoms with Gasteiger partial charge in [0.2, 0.25) is 10.0 Å². The van der Waals surface area contributed by atoms with E-state index in [4.69, 9.17) is 4.74 Å². The largest absolute Gasteiger partial charge is 0.497 e. The summed E-state index contributed by atoms with van der Waals surface area (Å²) < 4.78 is 32.1. The van der Waals surface area contributed by atoms with Gasteiger partial charge in [0.1, 0.15) is 11.8 Å². The number of nitrogens with zero attached hydrogens (tertiary/aromatic N) is 1. The smallest absolute Gasteiger partial charge is 0.322 e. The van der Waals surface area contributed by atoms with Crippen molar-refractivity contribution in [1.29, 1.82) is 0 Å². The van der Waals surface area contributed by atoms with Gasteiger partial charge in [0, 0.05) is 17.1 Å². The number of hydrogen-bond acceptors (Lipinski definition) is 4. The average molecular weight is 378 g/mol. The van der Waals surface area contributed by atoms with Gasteiger partial charge in [0.15, 0.2) is 0 Å². The summed E-state index contributed by atoms with van der Waals surface area (Å²) in [4.78, 5) is 11.3. The molecule has 0 spiro atoms. The number of rotatable bonds is 4. The maximum atomic E-state index is 12.7. The highest BCUT2D eigenvalue weighted by molar-refractivity contribution is 9.10. The zero-order chi connectivity index (χ0) is 15.6. The third-order valence-electron chi connectivity index (χ3n) is 3.43. The molecular formula is C13H16BrNO5S. The second-order valence-electron chi connectivity index (χ2n) is 4.79. The van der Waals surface area contributed by atoms with Crippen molar-refractivity contribution in [2.24, 2.45) is 0 Å². The van der Waals surface area contributed by atoms with Crippen LogP contribution in [-0.2, 0) is 14.8 Å². The second-order valence-corrected chi connectivity index (χ2v) is 7.60. The molecule has 1 aliphatic heterocycles. The van der Waals surface area contributed by atoms with E-state index in [0.717, 1.165) is 4.31 Å². The molecule has 0 aliphatic carbocycles. The first-order chi connectivity index (χ1) is 9.86. The average Bonchev–Trinajstić information content (AvgIpc) is 2.46. The van der Waals surface area contributed by atoms with Gasteiger partial charge in [0.25, 0.3) is 0 Å². The van der Waals surface area contributed by atoms with Gasteiger partial charge in [0.05, 0.1) is 12.0 Å². The highest BCUT2D eigenvalue weighted by atomic mass is 79.9. The van der Waals surface area contributed by atoms with Crippen molar-refractivity contribution in [3.63, 3.8) is 0 Å². The van der Waals surface area contributed by atoms with Crippen LogP contribution in [-0.4, -0.2) is 43.5 Å². The first-order valence-electron chi connectivity index (χ1n) is 6.45. The van der Waals surface area contributed by atoms with Gasteiger partial charge in [-0.2, -0.15) is 4.31 Å². The van der Waals surface area contributed by atoms with Crippen LogP contribution in [0.15, 0.2) is 27.6 Å². The summed E-state index contributed by atoms with van der Waals surface area (Å²) in [6.07, 6.45) is 1.71. The Labute approximate surface area is 131 Å². The number of carbonyl (C=O) groups is 1. The van der Waals surface area contributed by atoms with Crippen molar-refractivity contribution in [1.82, 2.24) is 4.31 Å². The van der Waals surface area contributed by atoms with Crippen molar-refractivity contribution in [3.8, 4) is 5.75 Å². The van der Waals surface area contributed by atoms with Crippen LogP contribution >= 0.6 is 15.9 Å². The van der Waals surface area contributed by atoms with Crippen LogP contribution in [0.25, 0.3) is 0 Å². The molecule has 0 aromatic heterocycles. The summed E-state index contributed by atoms with van der Waals surface area (Å²) in [6, 6.07) is 3.48. The highest BCUT2D eigenvalue weighted by Gasteiger charge is 2.37. The Bertz CT molecular complexity index is 646. The van der Waals surface area contributed by atoms with E-state index in [1.54, 1.807) is 6.07 Å². The van der Waals surface area contributed by atoms with E-state index in [0.29, 0.717) is 29.5 Å². The number of hydrogen-bond donors (Lipinski definition) is 1. The Morgan fingerprint density at radius 3 is 2.71 bits per heavy atom. The topological polar surface area (TPSA) is 83.9 Å². The molecule has 0 saturated carbocycles. The number of halogens is 1. The van der Waals surface area contributed by atoms with Crippen LogP contribution in [0.2, 0.25) is 0 Å². The molecule has 8 heteroatoms. The predicted molar refractivity (Wildman–Crippen MR) is 79.9 cm³/mol. The standard InChI is InChI=1S/C13H16BrNO5S/c1-20-10-6-9(14)7-11(8-10)21(18,19)15-5-3-2-4-12(15)13(16)17/h6-8,12H,2-5H2,1H3,(H,16,17). The molecular weight excluding hydrogens is 362 g/mol. The quantitative estimate of drug-likeness (QED) is 0.868. The summed E-state index contributed by atoms with van der Waals surface area (Å²) in [5.74, 6) is -0.716. The highest BCUT2D eigenvalue weighted by Crippen LogP contribution is 2.30. The van der Waals surface area contributed by atoms with Crippen molar-refractivity contribution >= 4 is 31.9 Å². The minimum atomic E-state index is -3.87. The molecule has 116 valence electrons. The summed E-state index contributed by atoms with van der Waals surface area (Å²) in [7, 11) is -2.43. The molecule has 0 amide bonds. The molecule has 0 radical (unpaired) electrons. The predicted octanol–water partition coefficient (Wildman–Crippen LogP) is 2.09. The minimum absolute atomic E-state index is 0.0295. The number of ether oxygens (including phenoxy) is 1. The number of aliphatic carboxylic acids is 1. The van der Waals surface area contributed by atoms with Crippen LogP contribution in [0.1, 0.15) is 19.3 Å². The molecule has 1 atom stereocenters. The molecule has 1 aliphatic rings. The van der Waals surface area contributed by atoms with E-state index in [1.807, 2.05) is 0 Å². The van der Waals surface area contributed by atoms with E-state index in [2.05, 4.69) is 15.9 Å². The van der Waals surface area contributed by atoms with Crippen LogP contribution in [0.4, 0.5) is 0 Å². The van der Waals surface area contributed by atoms with Gasteiger partial charge in [-0.05, 0) is 31.4 Å². The Morgan fingerprint density at radius 1 is 1.38 bits per heavy atom. The van der Waals surface area contributed by atoms with Crippen molar-refractivity contribution in [3.05, 3.63) is 22.7 Å². The molecule has 21 heavy (non-hydrogen) atoms. The van der Waals surface area contributed by atoms with Crippen LogP contribution in [0.3, 0.4) is 0 Å². The molecule has 1 saturated heterocycles. The molecule has 1 aromatic rings. The maximum Gasteiger partial charge on any atom is 0.322 e. The van der Waals surface area contributed by atoms with Crippen LogP contribution in [0.5, 0.6) is 5.75 Å². The molecule has 2 rings (SSSR count). The van der Waals surface area contributed by atoms with E-state index in [9.17, 15) is 18.3 Å². The Kier molecular flexibility index (Phi) is 4.90. The zero-order valence-corrected chi connectivity index (χ0v) is 13.9. The Morgan fingerprint density at radius 2 is 2.10 bits per heavy atom. The third-order valence-corrected chi connectivity index (χ3v) is 5.77. The van der Waals surface area contributed by atoms with Crippen molar-refractivity contribution in [2.45, 2.75) is 30.2 Å². The van der Waals surface area contributed by atoms with Gasteiger partial charge in [-0.1, -0.05) is 15.9 Å².